The minimum atomic E-state index is 0.356. The Labute approximate surface area is 128 Å². The molecule has 0 amide bonds. The third kappa shape index (κ3) is 5.92. The number of aliphatic hydroxyl groups is 1. The van der Waals surface area contributed by atoms with E-state index in [1.807, 2.05) is 6.20 Å². The molecule has 0 aliphatic heterocycles. The molecule has 2 heteroatoms. The van der Waals surface area contributed by atoms with Crippen LogP contribution in [0.2, 0.25) is 0 Å². The van der Waals surface area contributed by atoms with E-state index in [1.165, 1.54) is 74.3 Å². The lowest BCUT2D eigenvalue weighted by molar-refractivity contribution is 0.282. The highest BCUT2D eigenvalue weighted by molar-refractivity contribution is 5.79. The number of fused-ring (bicyclic) bond motifs is 1. The monoisotopic (exact) mass is 287 g/mol. The number of aryl methyl sites for hydroxylation is 1. The van der Waals surface area contributed by atoms with Gasteiger partial charge in [0.15, 0.2) is 0 Å². The van der Waals surface area contributed by atoms with Gasteiger partial charge in [0.1, 0.15) is 0 Å². The topological polar surface area (TPSA) is 36.0 Å². The number of unbranched alkanes of at least 4 members (excludes halogenated alkanes) is 8. The smallest absolute Gasteiger partial charge is 0.0454 e. The molecule has 2 rings (SSSR count). The zero-order chi connectivity index (χ0) is 14.8. The van der Waals surface area contributed by atoms with E-state index >= 15 is 0 Å². The van der Waals surface area contributed by atoms with Crippen molar-refractivity contribution in [1.82, 2.24) is 4.98 Å². The Hall–Kier alpha value is -1.28. The van der Waals surface area contributed by atoms with Crippen molar-refractivity contribution in [3.05, 3.63) is 36.0 Å². The van der Waals surface area contributed by atoms with E-state index < -0.39 is 0 Å². The van der Waals surface area contributed by atoms with Crippen LogP contribution in [0.25, 0.3) is 10.9 Å². The SMILES string of the molecule is OCCCCCCCCCCCc1ccc2[nH]ccc2c1. The highest BCUT2D eigenvalue weighted by Gasteiger charge is 1.98. The molecule has 2 aromatic rings. The van der Waals surface area contributed by atoms with Crippen LogP contribution in [0.5, 0.6) is 0 Å². The summed E-state index contributed by atoms with van der Waals surface area (Å²) in [6, 6.07) is 8.90. The van der Waals surface area contributed by atoms with Crippen molar-refractivity contribution in [2.45, 2.75) is 64.2 Å². The molecule has 1 aromatic heterocycles. The number of nitrogens with one attached hydrogen (secondary N) is 1. The number of aromatic nitrogens is 1. The highest BCUT2D eigenvalue weighted by atomic mass is 16.2. The van der Waals surface area contributed by atoms with Crippen molar-refractivity contribution in [3.63, 3.8) is 0 Å². The standard InChI is InChI=1S/C19H29NO/c21-15-9-7-5-3-1-2-4-6-8-10-17-11-12-19-18(16-17)13-14-20-19/h11-14,16,20-21H,1-10,15H2. The lowest BCUT2D eigenvalue weighted by Gasteiger charge is -2.03. The molecule has 21 heavy (non-hydrogen) atoms. The van der Waals surface area contributed by atoms with E-state index in [2.05, 4.69) is 29.2 Å². The molecular weight excluding hydrogens is 258 g/mol. The fourth-order valence-electron chi connectivity index (χ4n) is 2.94. The average Bonchev–Trinajstić information content (AvgIpc) is 2.97. The molecule has 0 saturated heterocycles. The van der Waals surface area contributed by atoms with Crippen LogP contribution in [-0.4, -0.2) is 16.7 Å². The third-order valence-corrected chi connectivity index (χ3v) is 4.24. The fraction of sp³-hybridized carbons (Fsp3) is 0.579. The average molecular weight is 287 g/mol. The Morgan fingerprint density at radius 3 is 2.14 bits per heavy atom. The molecule has 0 unspecified atom stereocenters. The zero-order valence-corrected chi connectivity index (χ0v) is 13.1. The minimum absolute atomic E-state index is 0.356. The maximum Gasteiger partial charge on any atom is 0.0454 e. The molecule has 0 bridgehead atoms. The first-order chi connectivity index (χ1) is 10.4. The fourth-order valence-corrected chi connectivity index (χ4v) is 2.94. The summed E-state index contributed by atoms with van der Waals surface area (Å²) < 4.78 is 0. The van der Waals surface area contributed by atoms with Crippen LogP contribution in [0.4, 0.5) is 0 Å². The van der Waals surface area contributed by atoms with E-state index in [1.54, 1.807) is 0 Å². The van der Waals surface area contributed by atoms with Crippen molar-refractivity contribution in [2.24, 2.45) is 0 Å². The van der Waals surface area contributed by atoms with Gasteiger partial charge in [0.2, 0.25) is 0 Å². The molecule has 2 N–H and O–H groups in total. The lowest BCUT2D eigenvalue weighted by atomic mass is 10.0. The van der Waals surface area contributed by atoms with Gasteiger partial charge in [0.05, 0.1) is 0 Å². The van der Waals surface area contributed by atoms with Gasteiger partial charge in [-0.25, -0.2) is 0 Å². The van der Waals surface area contributed by atoms with Gasteiger partial charge in [0, 0.05) is 18.3 Å². The molecule has 0 radical (unpaired) electrons. The number of hydrogen-bond donors (Lipinski definition) is 2. The molecule has 0 atom stereocenters. The van der Waals surface area contributed by atoms with Crippen molar-refractivity contribution < 1.29 is 5.11 Å². The minimum Gasteiger partial charge on any atom is -0.396 e. The van der Waals surface area contributed by atoms with Crippen LogP contribution in [-0.2, 0) is 6.42 Å². The Kier molecular flexibility index (Phi) is 7.37. The molecule has 116 valence electrons. The van der Waals surface area contributed by atoms with Gasteiger partial charge in [-0.1, -0.05) is 51.0 Å². The second kappa shape index (κ2) is 9.62. The van der Waals surface area contributed by atoms with Crippen LogP contribution in [0.3, 0.4) is 0 Å². The first-order valence-corrected chi connectivity index (χ1v) is 8.57. The van der Waals surface area contributed by atoms with E-state index in [0.717, 1.165) is 6.42 Å². The highest BCUT2D eigenvalue weighted by Crippen LogP contribution is 2.17. The lowest BCUT2D eigenvalue weighted by Crippen LogP contribution is -1.87. The summed E-state index contributed by atoms with van der Waals surface area (Å²) in [6.45, 7) is 0.356. The molecule has 2 nitrogen and oxygen atoms in total. The van der Waals surface area contributed by atoms with Gasteiger partial charge in [-0.15, -0.1) is 0 Å². The second-order valence-corrected chi connectivity index (χ2v) is 6.05. The first-order valence-electron chi connectivity index (χ1n) is 8.57. The number of hydrogen-bond acceptors (Lipinski definition) is 1. The predicted octanol–water partition coefficient (Wildman–Crippen LogP) is 5.21. The van der Waals surface area contributed by atoms with E-state index in [0.29, 0.717) is 6.61 Å². The van der Waals surface area contributed by atoms with Crippen LogP contribution in [0.1, 0.15) is 63.4 Å². The zero-order valence-electron chi connectivity index (χ0n) is 13.1. The Bertz CT molecular complexity index is 503. The number of aromatic amines is 1. The Morgan fingerprint density at radius 2 is 1.43 bits per heavy atom. The normalized spacial score (nSPS) is 11.3. The van der Waals surface area contributed by atoms with Crippen molar-refractivity contribution in [1.29, 1.82) is 0 Å². The summed E-state index contributed by atoms with van der Waals surface area (Å²) in [4.78, 5) is 3.24. The quantitative estimate of drug-likeness (QED) is 0.546. The molecule has 0 aliphatic carbocycles. The molecule has 0 spiro atoms. The molecule has 0 saturated carbocycles. The van der Waals surface area contributed by atoms with Crippen LogP contribution in [0, 0.1) is 0 Å². The predicted molar refractivity (Wildman–Crippen MR) is 90.6 cm³/mol. The summed E-state index contributed by atoms with van der Waals surface area (Å²) in [5.41, 5.74) is 2.70. The number of aliphatic hydroxyl groups excluding tert-OH is 1. The number of rotatable bonds is 11. The van der Waals surface area contributed by atoms with Crippen LogP contribution in [0.15, 0.2) is 30.5 Å². The molecule has 1 heterocycles. The summed E-state index contributed by atoms with van der Waals surface area (Å²) >= 11 is 0. The van der Waals surface area contributed by atoms with Crippen LogP contribution < -0.4 is 0 Å². The molecule has 0 fully saturated rings. The molecule has 0 aliphatic rings. The van der Waals surface area contributed by atoms with E-state index in [4.69, 9.17) is 5.11 Å². The molecule has 1 aromatic carbocycles. The molecular formula is C19H29NO. The largest absolute Gasteiger partial charge is 0.396 e. The Morgan fingerprint density at radius 1 is 0.762 bits per heavy atom. The van der Waals surface area contributed by atoms with Crippen molar-refractivity contribution >= 4 is 10.9 Å². The second-order valence-electron chi connectivity index (χ2n) is 6.05. The maximum atomic E-state index is 8.70. The maximum absolute atomic E-state index is 8.70. The van der Waals surface area contributed by atoms with Crippen molar-refractivity contribution in [3.8, 4) is 0 Å². The summed E-state index contributed by atoms with van der Waals surface area (Å²) in [6.07, 6.45) is 14.8. The van der Waals surface area contributed by atoms with Gasteiger partial charge in [-0.2, -0.15) is 0 Å². The van der Waals surface area contributed by atoms with Crippen molar-refractivity contribution in [2.75, 3.05) is 6.61 Å². The van der Waals surface area contributed by atoms with Crippen LogP contribution >= 0.6 is 0 Å². The Balaban J connectivity index is 1.49. The summed E-state index contributed by atoms with van der Waals surface area (Å²) in [5.74, 6) is 0. The van der Waals surface area contributed by atoms with Gasteiger partial charge >= 0.3 is 0 Å². The van der Waals surface area contributed by atoms with Gasteiger partial charge in [-0.3, -0.25) is 0 Å². The van der Waals surface area contributed by atoms with Gasteiger partial charge in [-0.05, 0) is 48.4 Å². The summed E-state index contributed by atoms with van der Waals surface area (Å²) in [5, 5.41) is 10.0. The number of benzene rings is 1. The summed E-state index contributed by atoms with van der Waals surface area (Å²) in [7, 11) is 0. The van der Waals surface area contributed by atoms with Gasteiger partial charge < -0.3 is 10.1 Å². The first kappa shape index (κ1) is 16.1. The van der Waals surface area contributed by atoms with E-state index in [9.17, 15) is 0 Å². The third-order valence-electron chi connectivity index (χ3n) is 4.24. The van der Waals surface area contributed by atoms with E-state index in [-0.39, 0.29) is 0 Å². The van der Waals surface area contributed by atoms with Gasteiger partial charge in [0.25, 0.3) is 0 Å². The number of H-pyrrole nitrogens is 1.